The minimum atomic E-state index is 0.472. The summed E-state index contributed by atoms with van der Waals surface area (Å²) < 4.78 is 5.63. The third kappa shape index (κ3) is 4.56. The number of rotatable bonds is 6. The highest BCUT2D eigenvalue weighted by atomic mass is 35.5. The molecule has 7 heteroatoms. The van der Waals surface area contributed by atoms with E-state index in [2.05, 4.69) is 20.6 Å². The van der Waals surface area contributed by atoms with Gasteiger partial charge >= 0.3 is 0 Å². The van der Waals surface area contributed by atoms with Crippen molar-refractivity contribution in [2.24, 2.45) is 0 Å². The van der Waals surface area contributed by atoms with Crippen molar-refractivity contribution >= 4 is 46.3 Å². The Morgan fingerprint density at radius 3 is 2.54 bits per heavy atom. The summed E-state index contributed by atoms with van der Waals surface area (Å²) >= 11 is 12.0. The monoisotopic (exact) mass is 388 g/mol. The minimum Gasteiger partial charge on any atom is -0.492 e. The number of nitrogens with zero attached hydrogens (tertiary/aromatic N) is 2. The number of para-hydroxylation sites is 2. The third-order valence-corrected chi connectivity index (χ3v) is 4.22. The topological polar surface area (TPSA) is 59.1 Å². The Morgan fingerprint density at radius 1 is 0.962 bits per heavy atom. The predicted octanol–water partition coefficient (Wildman–Crippen LogP) is 5.98. The van der Waals surface area contributed by atoms with E-state index in [0.717, 1.165) is 22.8 Å². The summed E-state index contributed by atoms with van der Waals surface area (Å²) in [5, 5.41) is 7.41. The molecule has 5 nitrogen and oxygen atoms in total. The van der Waals surface area contributed by atoms with Gasteiger partial charge in [-0.3, -0.25) is 0 Å². The molecule has 0 fully saturated rings. The quantitative estimate of drug-likeness (QED) is 0.543. The Balaban J connectivity index is 1.85. The highest BCUT2D eigenvalue weighted by molar-refractivity contribution is 6.42. The molecule has 0 radical (unpaired) electrons. The number of anilines is 4. The van der Waals surface area contributed by atoms with Crippen LogP contribution in [-0.2, 0) is 0 Å². The van der Waals surface area contributed by atoms with Crippen LogP contribution in [0, 0.1) is 6.92 Å². The lowest BCUT2D eigenvalue weighted by atomic mass is 10.3. The van der Waals surface area contributed by atoms with E-state index >= 15 is 0 Å². The lowest BCUT2D eigenvalue weighted by Crippen LogP contribution is -2.04. The van der Waals surface area contributed by atoms with Gasteiger partial charge in [0.15, 0.2) is 0 Å². The average Bonchev–Trinajstić information content (AvgIpc) is 2.60. The van der Waals surface area contributed by atoms with Gasteiger partial charge in [-0.25, -0.2) is 4.98 Å². The Hall–Kier alpha value is -2.50. The second-order valence-electron chi connectivity index (χ2n) is 5.53. The maximum atomic E-state index is 6.07. The van der Waals surface area contributed by atoms with Crippen molar-refractivity contribution in [2.75, 3.05) is 17.2 Å². The van der Waals surface area contributed by atoms with Crippen LogP contribution in [0.15, 0.2) is 48.5 Å². The smallest absolute Gasteiger partial charge is 0.229 e. The van der Waals surface area contributed by atoms with E-state index in [1.807, 2.05) is 50.2 Å². The van der Waals surface area contributed by atoms with Gasteiger partial charge in [0.05, 0.1) is 22.3 Å². The molecule has 1 aromatic heterocycles. The normalized spacial score (nSPS) is 10.5. The van der Waals surface area contributed by atoms with Gasteiger partial charge in [0, 0.05) is 17.4 Å². The van der Waals surface area contributed by atoms with Crippen LogP contribution >= 0.6 is 23.2 Å². The molecule has 134 valence electrons. The summed E-state index contributed by atoms with van der Waals surface area (Å²) in [4.78, 5) is 8.95. The molecular formula is C19H18Cl2N4O. The lowest BCUT2D eigenvalue weighted by molar-refractivity contribution is 0.342. The Labute approximate surface area is 162 Å². The van der Waals surface area contributed by atoms with E-state index < -0.39 is 0 Å². The molecule has 0 amide bonds. The molecule has 0 aliphatic carbocycles. The predicted molar refractivity (Wildman–Crippen MR) is 107 cm³/mol. The molecule has 0 saturated heterocycles. The van der Waals surface area contributed by atoms with Gasteiger partial charge in [-0.2, -0.15) is 4.98 Å². The van der Waals surface area contributed by atoms with Gasteiger partial charge in [-0.05, 0) is 44.2 Å². The first-order valence-corrected chi connectivity index (χ1v) is 8.87. The van der Waals surface area contributed by atoms with Crippen LogP contribution in [0.3, 0.4) is 0 Å². The van der Waals surface area contributed by atoms with Crippen molar-refractivity contribution in [1.82, 2.24) is 9.97 Å². The number of ether oxygens (including phenoxy) is 1. The summed E-state index contributed by atoms with van der Waals surface area (Å²) in [5.74, 6) is 1.87. The van der Waals surface area contributed by atoms with Crippen molar-refractivity contribution < 1.29 is 4.74 Å². The summed E-state index contributed by atoms with van der Waals surface area (Å²) in [6.45, 7) is 4.43. The molecule has 2 N–H and O–H groups in total. The highest BCUT2D eigenvalue weighted by Crippen LogP contribution is 2.29. The Kier molecular flexibility index (Phi) is 5.81. The summed E-state index contributed by atoms with van der Waals surface area (Å²) in [7, 11) is 0. The fourth-order valence-electron chi connectivity index (χ4n) is 2.38. The molecule has 26 heavy (non-hydrogen) atoms. The van der Waals surface area contributed by atoms with Crippen molar-refractivity contribution in [1.29, 1.82) is 0 Å². The summed E-state index contributed by atoms with van der Waals surface area (Å²) in [6.07, 6.45) is 0. The van der Waals surface area contributed by atoms with Gasteiger partial charge in [0.1, 0.15) is 11.6 Å². The van der Waals surface area contributed by atoms with E-state index in [9.17, 15) is 0 Å². The van der Waals surface area contributed by atoms with Gasteiger partial charge in [0.25, 0.3) is 0 Å². The minimum absolute atomic E-state index is 0.472. The first-order valence-electron chi connectivity index (χ1n) is 8.12. The second-order valence-corrected chi connectivity index (χ2v) is 6.34. The van der Waals surface area contributed by atoms with E-state index in [-0.39, 0.29) is 0 Å². The molecule has 3 aromatic rings. The third-order valence-electron chi connectivity index (χ3n) is 3.48. The number of hydrogen-bond acceptors (Lipinski definition) is 5. The van der Waals surface area contributed by atoms with Crippen LogP contribution in [0.5, 0.6) is 5.75 Å². The molecule has 0 spiro atoms. The summed E-state index contributed by atoms with van der Waals surface area (Å²) in [5.41, 5.74) is 2.41. The van der Waals surface area contributed by atoms with E-state index in [0.29, 0.717) is 28.4 Å². The SMILES string of the molecule is CCOc1ccccc1Nc1nc(C)cc(Nc2ccc(Cl)c(Cl)c2)n1. The van der Waals surface area contributed by atoms with Crippen LogP contribution < -0.4 is 15.4 Å². The Bertz CT molecular complexity index is 918. The van der Waals surface area contributed by atoms with Crippen molar-refractivity contribution in [3.05, 3.63) is 64.3 Å². The molecular weight excluding hydrogens is 371 g/mol. The molecule has 1 heterocycles. The molecule has 0 unspecified atom stereocenters. The Morgan fingerprint density at radius 2 is 1.77 bits per heavy atom. The molecule has 0 atom stereocenters. The zero-order chi connectivity index (χ0) is 18.5. The zero-order valence-electron chi connectivity index (χ0n) is 14.4. The lowest BCUT2D eigenvalue weighted by Gasteiger charge is -2.13. The average molecular weight is 389 g/mol. The molecule has 0 aliphatic heterocycles. The van der Waals surface area contributed by atoms with E-state index in [1.165, 1.54) is 0 Å². The van der Waals surface area contributed by atoms with Crippen LogP contribution in [0.1, 0.15) is 12.6 Å². The number of benzene rings is 2. The largest absolute Gasteiger partial charge is 0.492 e. The van der Waals surface area contributed by atoms with E-state index in [1.54, 1.807) is 12.1 Å². The van der Waals surface area contributed by atoms with Crippen LogP contribution in [-0.4, -0.2) is 16.6 Å². The van der Waals surface area contributed by atoms with Crippen LogP contribution in [0.25, 0.3) is 0 Å². The van der Waals surface area contributed by atoms with Gasteiger partial charge in [-0.15, -0.1) is 0 Å². The number of aromatic nitrogens is 2. The number of aryl methyl sites for hydroxylation is 1. The van der Waals surface area contributed by atoms with Crippen LogP contribution in [0.4, 0.5) is 23.1 Å². The van der Waals surface area contributed by atoms with Crippen molar-refractivity contribution in [2.45, 2.75) is 13.8 Å². The zero-order valence-corrected chi connectivity index (χ0v) is 15.9. The fraction of sp³-hybridized carbons (Fsp3) is 0.158. The summed E-state index contributed by atoms with van der Waals surface area (Å²) in [6, 6.07) is 14.8. The number of hydrogen-bond donors (Lipinski definition) is 2. The van der Waals surface area contributed by atoms with Gasteiger partial charge in [-0.1, -0.05) is 35.3 Å². The standard InChI is InChI=1S/C19H18Cl2N4O/c1-3-26-17-7-5-4-6-16(17)24-19-22-12(2)10-18(25-19)23-13-8-9-14(20)15(21)11-13/h4-11H,3H2,1-2H3,(H2,22,23,24,25). The number of halogens is 2. The van der Waals surface area contributed by atoms with Gasteiger partial charge < -0.3 is 15.4 Å². The maximum absolute atomic E-state index is 6.07. The molecule has 0 aliphatic rings. The highest BCUT2D eigenvalue weighted by Gasteiger charge is 2.08. The van der Waals surface area contributed by atoms with Gasteiger partial charge in [0.2, 0.25) is 5.95 Å². The molecule has 0 bridgehead atoms. The first kappa shape index (κ1) is 18.3. The molecule has 3 rings (SSSR count). The van der Waals surface area contributed by atoms with E-state index in [4.69, 9.17) is 27.9 Å². The van der Waals surface area contributed by atoms with Crippen molar-refractivity contribution in [3.8, 4) is 5.75 Å². The fourth-order valence-corrected chi connectivity index (χ4v) is 2.68. The van der Waals surface area contributed by atoms with Crippen molar-refractivity contribution in [3.63, 3.8) is 0 Å². The molecule has 2 aromatic carbocycles. The number of nitrogens with one attached hydrogen (secondary N) is 2. The second kappa shape index (κ2) is 8.25. The maximum Gasteiger partial charge on any atom is 0.229 e. The first-order chi connectivity index (χ1) is 12.5. The van der Waals surface area contributed by atoms with Crippen LogP contribution in [0.2, 0.25) is 10.0 Å². The molecule has 0 saturated carbocycles.